The highest BCUT2D eigenvalue weighted by atomic mass is 32.1. The highest BCUT2D eigenvalue weighted by Crippen LogP contribution is 2.35. The van der Waals surface area contributed by atoms with Crippen LogP contribution < -0.4 is 11.2 Å². The summed E-state index contributed by atoms with van der Waals surface area (Å²) in [5.74, 6) is 0.280. The molecule has 0 bridgehead atoms. The Morgan fingerprint density at radius 3 is 2.96 bits per heavy atom. The molecule has 1 aliphatic rings. The van der Waals surface area contributed by atoms with E-state index in [2.05, 4.69) is 16.6 Å². The second kappa shape index (κ2) is 6.31. The van der Waals surface area contributed by atoms with Gasteiger partial charge in [0.15, 0.2) is 0 Å². The zero-order valence-electron chi connectivity index (χ0n) is 13.3. The molecule has 0 fully saturated rings. The van der Waals surface area contributed by atoms with E-state index in [1.54, 1.807) is 0 Å². The van der Waals surface area contributed by atoms with E-state index < -0.39 is 5.69 Å². The van der Waals surface area contributed by atoms with Crippen LogP contribution in [0.3, 0.4) is 0 Å². The van der Waals surface area contributed by atoms with Gasteiger partial charge in [-0.1, -0.05) is 6.92 Å². The van der Waals surface area contributed by atoms with Crippen LogP contribution >= 0.6 is 11.3 Å². The lowest BCUT2D eigenvalue weighted by Gasteiger charge is -2.17. The smallest absolute Gasteiger partial charge is 0.329 e. The van der Waals surface area contributed by atoms with Crippen LogP contribution in [-0.2, 0) is 28.9 Å². The first kappa shape index (κ1) is 16.0. The summed E-state index contributed by atoms with van der Waals surface area (Å²) >= 11 is 1.53. The summed E-state index contributed by atoms with van der Waals surface area (Å²) in [7, 11) is 1.33. The molecule has 1 N–H and O–H groups in total. The Morgan fingerprint density at radius 2 is 2.22 bits per heavy atom. The molecule has 0 radical (unpaired) electrons. The maximum Gasteiger partial charge on any atom is 0.329 e. The molecule has 1 unspecified atom stereocenters. The van der Waals surface area contributed by atoms with E-state index in [9.17, 15) is 14.4 Å². The first-order chi connectivity index (χ1) is 11.0. The number of thiophene rings is 1. The van der Waals surface area contributed by atoms with E-state index in [-0.39, 0.29) is 24.5 Å². The minimum atomic E-state index is -0.404. The third-order valence-electron chi connectivity index (χ3n) is 4.43. The number of esters is 1. The van der Waals surface area contributed by atoms with E-state index in [0.29, 0.717) is 22.6 Å². The molecule has 1 aliphatic carbocycles. The Balaban J connectivity index is 1.98. The number of hydrogen-bond acceptors (Lipinski definition) is 5. The van der Waals surface area contributed by atoms with Gasteiger partial charge in [0, 0.05) is 17.8 Å². The lowest BCUT2D eigenvalue weighted by atomic mass is 9.89. The zero-order valence-corrected chi connectivity index (χ0v) is 14.1. The maximum absolute atomic E-state index is 12.7. The number of nitrogens with zero attached hydrogens (tertiary/aromatic N) is 1. The molecule has 0 amide bonds. The molecule has 2 aromatic rings. The molecule has 1 atom stereocenters. The highest BCUT2D eigenvalue weighted by molar-refractivity contribution is 7.18. The Hall–Kier alpha value is -1.89. The van der Waals surface area contributed by atoms with Crippen LogP contribution in [0.15, 0.2) is 9.59 Å². The fourth-order valence-corrected chi connectivity index (χ4v) is 4.54. The zero-order chi connectivity index (χ0) is 16.6. The summed E-state index contributed by atoms with van der Waals surface area (Å²) < 4.78 is 5.78. The van der Waals surface area contributed by atoms with Crippen molar-refractivity contribution in [3.63, 3.8) is 0 Å². The van der Waals surface area contributed by atoms with Gasteiger partial charge in [-0.3, -0.25) is 19.1 Å². The molecule has 0 aromatic carbocycles. The Labute approximate surface area is 137 Å². The van der Waals surface area contributed by atoms with Crippen molar-refractivity contribution in [2.75, 3.05) is 7.11 Å². The molecule has 7 heteroatoms. The molecule has 23 heavy (non-hydrogen) atoms. The Bertz CT molecular complexity index is 861. The SMILES string of the molecule is COC(=O)CCCn1c(=O)[nH]c2sc3c(c2c1=O)CCC(C)C3. The number of carbonyl (C=O) groups excluding carboxylic acids is 1. The van der Waals surface area contributed by atoms with Crippen molar-refractivity contribution in [2.45, 2.75) is 45.6 Å². The topological polar surface area (TPSA) is 81.2 Å². The molecule has 0 aliphatic heterocycles. The van der Waals surface area contributed by atoms with Gasteiger partial charge in [-0.05, 0) is 37.2 Å². The van der Waals surface area contributed by atoms with Crippen LogP contribution in [0.2, 0.25) is 0 Å². The summed E-state index contributed by atoms with van der Waals surface area (Å²) in [5, 5.41) is 0.662. The van der Waals surface area contributed by atoms with E-state index in [4.69, 9.17) is 0 Å². The van der Waals surface area contributed by atoms with E-state index in [0.717, 1.165) is 24.8 Å². The van der Waals surface area contributed by atoms with Gasteiger partial charge in [-0.25, -0.2) is 4.79 Å². The molecule has 3 rings (SSSR count). The number of carbonyl (C=O) groups is 1. The van der Waals surface area contributed by atoms with Gasteiger partial charge >= 0.3 is 11.7 Å². The monoisotopic (exact) mass is 336 g/mol. The lowest BCUT2D eigenvalue weighted by Crippen LogP contribution is -2.35. The van der Waals surface area contributed by atoms with E-state index in [1.807, 2.05) is 0 Å². The third-order valence-corrected chi connectivity index (χ3v) is 5.60. The molecule has 0 saturated carbocycles. The Morgan fingerprint density at radius 1 is 1.43 bits per heavy atom. The number of nitrogens with one attached hydrogen (secondary N) is 1. The van der Waals surface area contributed by atoms with Gasteiger partial charge in [0.05, 0.1) is 12.5 Å². The number of fused-ring (bicyclic) bond motifs is 3. The predicted octanol–water partition coefficient (Wildman–Crippen LogP) is 1.83. The number of methoxy groups -OCH3 is 1. The van der Waals surface area contributed by atoms with Gasteiger partial charge < -0.3 is 4.74 Å². The second-order valence-electron chi connectivity index (χ2n) is 6.12. The molecular formula is C16H20N2O4S. The number of aromatic amines is 1. The van der Waals surface area contributed by atoms with Crippen LogP contribution in [0.4, 0.5) is 0 Å². The van der Waals surface area contributed by atoms with Crippen LogP contribution in [0.5, 0.6) is 0 Å². The van der Waals surface area contributed by atoms with Gasteiger partial charge in [0.2, 0.25) is 0 Å². The number of aromatic nitrogens is 2. The molecular weight excluding hydrogens is 316 g/mol. The summed E-state index contributed by atoms with van der Waals surface area (Å²) in [6.07, 6.45) is 3.53. The molecule has 0 spiro atoms. The van der Waals surface area contributed by atoms with Crippen molar-refractivity contribution in [3.05, 3.63) is 31.3 Å². The van der Waals surface area contributed by atoms with Crippen molar-refractivity contribution in [1.82, 2.24) is 9.55 Å². The third kappa shape index (κ3) is 2.97. The van der Waals surface area contributed by atoms with Crippen LogP contribution in [0, 0.1) is 5.92 Å². The average molecular weight is 336 g/mol. The van der Waals surface area contributed by atoms with Gasteiger partial charge in [0.25, 0.3) is 5.56 Å². The van der Waals surface area contributed by atoms with Crippen molar-refractivity contribution < 1.29 is 9.53 Å². The summed E-state index contributed by atoms with van der Waals surface area (Å²) in [4.78, 5) is 40.8. The van der Waals surface area contributed by atoms with Crippen molar-refractivity contribution >= 4 is 27.5 Å². The molecule has 2 aromatic heterocycles. The Kier molecular flexibility index (Phi) is 4.39. The van der Waals surface area contributed by atoms with E-state index in [1.165, 1.54) is 27.9 Å². The van der Waals surface area contributed by atoms with Crippen LogP contribution in [-0.4, -0.2) is 22.6 Å². The fourth-order valence-electron chi connectivity index (χ4n) is 3.14. The summed E-state index contributed by atoms with van der Waals surface area (Å²) in [5.41, 5.74) is 0.464. The van der Waals surface area contributed by atoms with Crippen molar-refractivity contribution in [1.29, 1.82) is 0 Å². The first-order valence-corrected chi connectivity index (χ1v) is 8.67. The van der Waals surface area contributed by atoms with Crippen LogP contribution in [0.1, 0.15) is 36.6 Å². The number of ether oxygens (including phenoxy) is 1. The van der Waals surface area contributed by atoms with Crippen molar-refractivity contribution in [2.24, 2.45) is 5.92 Å². The normalized spacial score (nSPS) is 17.2. The summed E-state index contributed by atoms with van der Waals surface area (Å²) in [6.45, 7) is 2.43. The largest absolute Gasteiger partial charge is 0.469 e. The number of H-pyrrole nitrogens is 1. The minimum Gasteiger partial charge on any atom is -0.469 e. The number of hydrogen-bond donors (Lipinski definition) is 1. The van der Waals surface area contributed by atoms with Gasteiger partial charge in [-0.2, -0.15) is 0 Å². The van der Waals surface area contributed by atoms with Crippen molar-refractivity contribution in [3.8, 4) is 0 Å². The highest BCUT2D eigenvalue weighted by Gasteiger charge is 2.23. The van der Waals surface area contributed by atoms with Gasteiger partial charge in [0.1, 0.15) is 4.83 Å². The number of rotatable bonds is 4. The average Bonchev–Trinajstić information content (AvgIpc) is 2.87. The second-order valence-corrected chi connectivity index (χ2v) is 7.23. The summed E-state index contributed by atoms with van der Waals surface area (Å²) in [6, 6.07) is 0. The molecule has 2 heterocycles. The van der Waals surface area contributed by atoms with E-state index >= 15 is 0 Å². The van der Waals surface area contributed by atoms with Crippen LogP contribution in [0.25, 0.3) is 10.2 Å². The maximum atomic E-state index is 12.7. The predicted molar refractivity (Wildman–Crippen MR) is 89.1 cm³/mol. The molecule has 124 valence electrons. The first-order valence-electron chi connectivity index (χ1n) is 7.85. The molecule has 6 nitrogen and oxygen atoms in total. The fraction of sp³-hybridized carbons (Fsp3) is 0.562. The minimum absolute atomic E-state index is 0.194. The molecule has 0 saturated heterocycles. The lowest BCUT2D eigenvalue weighted by molar-refractivity contribution is -0.140. The number of aryl methyl sites for hydroxylation is 1. The quantitative estimate of drug-likeness (QED) is 0.864. The van der Waals surface area contributed by atoms with Gasteiger partial charge in [-0.15, -0.1) is 11.3 Å². The standard InChI is InChI=1S/C16H20N2O4S/c1-9-5-6-10-11(8-9)23-14-13(10)15(20)18(16(21)17-14)7-3-4-12(19)22-2/h9H,3-8H2,1-2H3,(H,17,21).